The van der Waals surface area contributed by atoms with Crippen LogP contribution in [-0.2, 0) is 4.79 Å². The summed E-state index contributed by atoms with van der Waals surface area (Å²) in [6.07, 6.45) is 0.630. The van der Waals surface area contributed by atoms with Crippen molar-refractivity contribution in [3.05, 3.63) is 18.2 Å². The monoisotopic (exact) mass is 179 g/mol. The summed E-state index contributed by atoms with van der Waals surface area (Å²) in [6, 6.07) is 5.28. The molecule has 0 bridgehead atoms. The van der Waals surface area contributed by atoms with Gasteiger partial charge in [-0.25, -0.2) is 0 Å². The van der Waals surface area contributed by atoms with Crippen molar-refractivity contribution in [2.45, 2.75) is 0 Å². The normalized spacial score (nSPS) is 13.5. The molecule has 2 rings (SSSR count). The van der Waals surface area contributed by atoms with Gasteiger partial charge in [-0.05, 0) is 12.1 Å². The van der Waals surface area contributed by atoms with Crippen LogP contribution >= 0.6 is 0 Å². The molecule has 1 heterocycles. The lowest BCUT2D eigenvalue weighted by Gasteiger charge is -2.18. The molecular formula is C9H9NO3. The first-order valence-corrected chi connectivity index (χ1v) is 4.00. The fraction of sp³-hybridized carbons (Fsp3) is 0.222. The van der Waals surface area contributed by atoms with Gasteiger partial charge in [-0.15, -0.1) is 0 Å². The van der Waals surface area contributed by atoms with Crippen molar-refractivity contribution in [1.82, 2.24) is 0 Å². The molecule has 0 radical (unpaired) electrons. The van der Waals surface area contributed by atoms with E-state index in [9.17, 15) is 4.79 Å². The molecule has 0 unspecified atom stereocenters. The van der Waals surface area contributed by atoms with Crippen molar-refractivity contribution in [2.75, 3.05) is 18.5 Å². The van der Waals surface area contributed by atoms with E-state index >= 15 is 0 Å². The van der Waals surface area contributed by atoms with Crippen LogP contribution < -0.4 is 14.8 Å². The molecule has 1 N–H and O–H groups in total. The Morgan fingerprint density at radius 1 is 1.23 bits per heavy atom. The first kappa shape index (κ1) is 7.91. The molecule has 13 heavy (non-hydrogen) atoms. The van der Waals surface area contributed by atoms with Crippen LogP contribution in [0.5, 0.6) is 11.5 Å². The van der Waals surface area contributed by atoms with Gasteiger partial charge >= 0.3 is 0 Å². The second-order valence-electron chi connectivity index (χ2n) is 2.62. The zero-order valence-corrected chi connectivity index (χ0v) is 6.95. The maximum absolute atomic E-state index is 10.2. The minimum absolute atomic E-state index is 0.553. The summed E-state index contributed by atoms with van der Waals surface area (Å²) in [5, 5.41) is 2.54. The lowest BCUT2D eigenvalue weighted by molar-refractivity contribution is -0.105. The third kappa shape index (κ3) is 1.56. The lowest BCUT2D eigenvalue weighted by Crippen LogP contribution is -2.15. The Bertz CT molecular complexity index is 325. The maximum Gasteiger partial charge on any atom is 0.211 e. The Kier molecular flexibility index (Phi) is 2.04. The van der Waals surface area contributed by atoms with Crippen molar-refractivity contribution in [2.24, 2.45) is 0 Å². The third-order valence-corrected chi connectivity index (χ3v) is 1.77. The highest BCUT2D eigenvalue weighted by molar-refractivity contribution is 5.72. The fourth-order valence-corrected chi connectivity index (χ4v) is 1.20. The average molecular weight is 179 g/mol. The number of hydrogen-bond acceptors (Lipinski definition) is 3. The van der Waals surface area contributed by atoms with E-state index < -0.39 is 0 Å². The van der Waals surface area contributed by atoms with Gasteiger partial charge in [0.25, 0.3) is 0 Å². The van der Waals surface area contributed by atoms with E-state index in [4.69, 9.17) is 9.47 Å². The van der Waals surface area contributed by atoms with E-state index in [0.29, 0.717) is 31.1 Å². The van der Waals surface area contributed by atoms with Crippen molar-refractivity contribution in [3.8, 4) is 11.5 Å². The molecule has 0 fully saturated rings. The standard InChI is InChI=1S/C9H9NO3/c11-6-10-7-1-2-8-9(5-7)13-4-3-12-8/h1-2,5-6H,3-4H2,(H,10,11). The highest BCUT2D eigenvalue weighted by Crippen LogP contribution is 2.32. The van der Waals surface area contributed by atoms with Crippen molar-refractivity contribution >= 4 is 12.1 Å². The summed E-state index contributed by atoms with van der Waals surface area (Å²) in [7, 11) is 0. The minimum Gasteiger partial charge on any atom is -0.486 e. The first-order chi connectivity index (χ1) is 6.40. The molecule has 0 aliphatic carbocycles. The highest BCUT2D eigenvalue weighted by Gasteiger charge is 2.10. The molecule has 4 nitrogen and oxygen atoms in total. The number of ether oxygens (including phenoxy) is 2. The smallest absolute Gasteiger partial charge is 0.211 e. The molecule has 0 aromatic heterocycles. The maximum atomic E-state index is 10.2. The molecule has 68 valence electrons. The summed E-state index contributed by atoms with van der Waals surface area (Å²) in [5.74, 6) is 1.40. The van der Waals surface area contributed by atoms with Gasteiger partial charge in [-0.2, -0.15) is 0 Å². The largest absolute Gasteiger partial charge is 0.486 e. The van der Waals surface area contributed by atoms with Gasteiger partial charge in [0.05, 0.1) is 0 Å². The molecule has 0 atom stereocenters. The number of anilines is 1. The second-order valence-corrected chi connectivity index (χ2v) is 2.62. The molecule has 0 saturated carbocycles. The SMILES string of the molecule is O=CNc1ccc2c(c1)OCCO2. The fourth-order valence-electron chi connectivity index (χ4n) is 1.20. The van der Waals surface area contributed by atoms with Crippen LogP contribution in [0, 0.1) is 0 Å². The average Bonchev–Trinajstić information content (AvgIpc) is 2.18. The lowest BCUT2D eigenvalue weighted by atomic mass is 10.2. The van der Waals surface area contributed by atoms with Crippen LogP contribution in [0.1, 0.15) is 0 Å². The van der Waals surface area contributed by atoms with Crippen molar-refractivity contribution < 1.29 is 14.3 Å². The number of amides is 1. The molecule has 1 aliphatic heterocycles. The predicted molar refractivity (Wildman–Crippen MR) is 47.1 cm³/mol. The van der Waals surface area contributed by atoms with Crippen LogP contribution in [0.2, 0.25) is 0 Å². The molecule has 0 spiro atoms. The number of nitrogens with one attached hydrogen (secondary N) is 1. The predicted octanol–water partition coefficient (Wildman–Crippen LogP) is 1.03. The van der Waals surface area contributed by atoms with Crippen LogP contribution in [0.4, 0.5) is 5.69 Å². The third-order valence-electron chi connectivity index (χ3n) is 1.77. The summed E-state index contributed by atoms with van der Waals surface area (Å²) in [4.78, 5) is 10.2. The molecule has 0 saturated heterocycles. The topological polar surface area (TPSA) is 47.6 Å². The highest BCUT2D eigenvalue weighted by atomic mass is 16.6. The van der Waals surface area contributed by atoms with Gasteiger partial charge in [-0.3, -0.25) is 4.79 Å². The van der Waals surface area contributed by atoms with E-state index in [1.54, 1.807) is 18.2 Å². The summed E-state index contributed by atoms with van der Waals surface area (Å²) in [6.45, 7) is 1.13. The number of hydrogen-bond donors (Lipinski definition) is 1. The van der Waals surface area contributed by atoms with Gasteiger partial charge in [0.1, 0.15) is 13.2 Å². The van der Waals surface area contributed by atoms with Crippen LogP contribution in [0.3, 0.4) is 0 Å². The van der Waals surface area contributed by atoms with Gasteiger partial charge in [0, 0.05) is 11.8 Å². The van der Waals surface area contributed by atoms with Crippen LogP contribution in [0.15, 0.2) is 18.2 Å². The van der Waals surface area contributed by atoms with E-state index in [2.05, 4.69) is 5.32 Å². The Morgan fingerprint density at radius 3 is 2.77 bits per heavy atom. The van der Waals surface area contributed by atoms with Gasteiger partial charge in [0.2, 0.25) is 6.41 Å². The van der Waals surface area contributed by atoms with E-state index in [1.807, 2.05) is 0 Å². The molecule has 1 aliphatic rings. The molecular weight excluding hydrogens is 170 g/mol. The quantitative estimate of drug-likeness (QED) is 0.689. The summed E-state index contributed by atoms with van der Waals surface area (Å²) in [5.41, 5.74) is 0.708. The van der Waals surface area contributed by atoms with Gasteiger partial charge in [0.15, 0.2) is 11.5 Å². The number of carbonyl (C=O) groups is 1. The van der Waals surface area contributed by atoms with Gasteiger partial charge in [-0.1, -0.05) is 0 Å². The molecule has 1 aromatic rings. The van der Waals surface area contributed by atoms with E-state index in [0.717, 1.165) is 5.75 Å². The van der Waals surface area contributed by atoms with E-state index in [-0.39, 0.29) is 0 Å². The molecule has 1 amide bonds. The number of carbonyl (C=O) groups excluding carboxylic acids is 1. The minimum atomic E-state index is 0.553. The summed E-state index contributed by atoms with van der Waals surface area (Å²) < 4.78 is 10.6. The first-order valence-electron chi connectivity index (χ1n) is 4.00. The number of benzene rings is 1. The Hall–Kier alpha value is -1.71. The van der Waals surface area contributed by atoms with Crippen molar-refractivity contribution in [1.29, 1.82) is 0 Å². The van der Waals surface area contributed by atoms with Crippen LogP contribution in [-0.4, -0.2) is 19.6 Å². The number of rotatable bonds is 2. The Morgan fingerprint density at radius 2 is 2.00 bits per heavy atom. The Labute approximate surface area is 75.5 Å². The zero-order chi connectivity index (χ0) is 9.10. The Balaban J connectivity index is 2.29. The summed E-state index contributed by atoms with van der Waals surface area (Å²) >= 11 is 0. The zero-order valence-electron chi connectivity index (χ0n) is 6.95. The van der Waals surface area contributed by atoms with Crippen molar-refractivity contribution in [3.63, 3.8) is 0 Å². The molecule has 1 aromatic carbocycles. The number of fused-ring (bicyclic) bond motifs is 1. The second kappa shape index (κ2) is 3.35. The van der Waals surface area contributed by atoms with Gasteiger partial charge < -0.3 is 14.8 Å². The molecule has 4 heteroatoms. The van der Waals surface area contributed by atoms with E-state index in [1.165, 1.54) is 0 Å². The van der Waals surface area contributed by atoms with Crippen LogP contribution in [0.25, 0.3) is 0 Å².